The van der Waals surface area contributed by atoms with Crippen LogP contribution in [0.3, 0.4) is 0 Å². The van der Waals surface area contributed by atoms with Gasteiger partial charge in [0.05, 0.1) is 19.2 Å². The van der Waals surface area contributed by atoms with Crippen molar-refractivity contribution in [3.05, 3.63) is 0 Å². The van der Waals surface area contributed by atoms with Crippen LogP contribution in [0.2, 0.25) is 0 Å². The van der Waals surface area contributed by atoms with E-state index in [1.165, 1.54) is 0 Å². The first-order valence-electron chi connectivity index (χ1n) is 5.41. The lowest BCUT2D eigenvalue weighted by molar-refractivity contribution is -0.134. The molecule has 0 aromatic carbocycles. The van der Waals surface area contributed by atoms with Gasteiger partial charge in [-0.05, 0) is 12.8 Å². The molecule has 0 bridgehead atoms. The molecule has 2 amide bonds. The van der Waals surface area contributed by atoms with Gasteiger partial charge in [-0.3, -0.25) is 9.59 Å². The summed E-state index contributed by atoms with van der Waals surface area (Å²) in [5, 5.41) is 2.59. The molecule has 2 heterocycles. The van der Waals surface area contributed by atoms with Crippen molar-refractivity contribution in [2.45, 2.75) is 25.3 Å². The number of hydrogen-bond donors (Lipinski definition) is 1. The molecule has 0 radical (unpaired) electrons. The van der Waals surface area contributed by atoms with E-state index in [1.807, 2.05) is 0 Å². The van der Waals surface area contributed by atoms with E-state index < -0.39 is 0 Å². The molecule has 1 atom stereocenters. The monoisotopic (exact) mass is 212 g/mol. The standard InChI is InChI=1S/C10H16N2O3/c13-9-3-4-12(10(14)6-11-9)8-2-1-5-15-7-8/h8H,1-7H2,(H,11,13). The van der Waals surface area contributed by atoms with Gasteiger partial charge in [0, 0.05) is 19.6 Å². The van der Waals surface area contributed by atoms with Crippen molar-refractivity contribution in [3.63, 3.8) is 0 Å². The summed E-state index contributed by atoms with van der Waals surface area (Å²) >= 11 is 0. The second-order valence-corrected chi connectivity index (χ2v) is 3.98. The van der Waals surface area contributed by atoms with E-state index >= 15 is 0 Å². The van der Waals surface area contributed by atoms with Gasteiger partial charge < -0.3 is 15.0 Å². The molecule has 0 saturated carbocycles. The molecular weight excluding hydrogens is 196 g/mol. The minimum absolute atomic E-state index is 0.0105. The SMILES string of the molecule is O=C1CCN(C2CCCOC2)C(=O)CN1. The largest absolute Gasteiger partial charge is 0.379 e. The van der Waals surface area contributed by atoms with Crippen molar-refractivity contribution in [2.75, 3.05) is 26.3 Å². The maximum absolute atomic E-state index is 11.7. The van der Waals surface area contributed by atoms with Crippen molar-refractivity contribution in [3.8, 4) is 0 Å². The lowest BCUT2D eigenvalue weighted by atomic mass is 10.1. The van der Waals surface area contributed by atoms with E-state index in [0.29, 0.717) is 19.6 Å². The van der Waals surface area contributed by atoms with E-state index in [9.17, 15) is 9.59 Å². The molecule has 2 aliphatic heterocycles. The van der Waals surface area contributed by atoms with Crippen LogP contribution >= 0.6 is 0 Å². The molecule has 5 heteroatoms. The Hall–Kier alpha value is -1.10. The van der Waals surface area contributed by atoms with E-state index in [0.717, 1.165) is 19.4 Å². The van der Waals surface area contributed by atoms with E-state index in [2.05, 4.69) is 5.32 Å². The van der Waals surface area contributed by atoms with Crippen molar-refractivity contribution in [1.82, 2.24) is 10.2 Å². The zero-order chi connectivity index (χ0) is 10.7. The summed E-state index contributed by atoms with van der Waals surface area (Å²) in [5.41, 5.74) is 0. The van der Waals surface area contributed by atoms with Crippen molar-refractivity contribution < 1.29 is 14.3 Å². The van der Waals surface area contributed by atoms with Crippen LogP contribution in [-0.4, -0.2) is 49.1 Å². The van der Waals surface area contributed by atoms with Gasteiger partial charge in [-0.1, -0.05) is 0 Å². The first kappa shape index (κ1) is 10.4. The highest BCUT2D eigenvalue weighted by Crippen LogP contribution is 2.14. The maximum atomic E-state index is 11.7. The normalized spacial score (nSPS) is 28.5. The molecule has 0 aliphatic carbocycles. The minimum Gasteiger partial charge on any atom is -0.379 e. The Kier molecular flexibility index (Phi) is 3.20. The summed E-state index contributed by atoms with van der Waals surface area (Å²) in [6, 6.07) is 0.166. The number of amides is 2. The first-order valence-corrected chi connectivity index (χ1v) is 5.41. The van der Waals surface area contributed by atoms with E-state index in [-0.39, 0.29) is 24.4 Å². The second kappa shape index (κ2) is 4.61. The Bertz CT molecular complexity index is 261. The van der Waals surface area contributed by atoms with Gasteiger partial charge in [0.2, 0.25) is 11.8 Å². The highest BCUT2D eigenvalue weighted by atomic mass is 16.5. The molecule has 0 aromatic heterocycles. The molecule has 2 aliphatic rings. The summed E-state index contributed by atoms with van der Waals surface area (Å²) in [7, 11) is 0. The van der Waals surface area contributed by atoms with Gasteiger partial charge >= 0.3 is 0 Å². The predicted octanol–water partition coefficient (Wildman–Crippen LogP) is -0.486. The third kappa shape index (κ3) is 2.47. The van der Waals surface area contributed by atoms with Crippen LogP contribution in [0.4, 0.5) is 0 Å². The summed E-state index contributed by atoms with van der Waals surface area (Å²) < 4.78 is 5.35. The van der Waals surface area contributed by atoms with Gasteiger partial charge in [-0.2, -0.15) is 0 Å². The van der Waals surface area contributed by atoms with Gasteiger partial charge in [0.15, 0.2) is 0 Å². The zero-order valence-electron chi connectivity index (χ0n) is 8.70. The molecule has 0 spiro atoms. The minimum atomic E-state index is -0.0393. The van der Waals surface area contributed by atoms with Gasteiger partial charge in [0.25, 0.3) is 0 Å². The summed E-state index contributed by atoms with van der Waals surface area (Å²) in [5.74, 6) is -0.0288. The molecule has 2 fully saturated rings. The highest BCUT2D eigenvalue weighted by Gasteiger charge is 2.28. The Morgan fingerprint density at radius 3 is 3.00 bits per heavy atom. The molecule has 15 heavy (non-hydrogen) atoms. The number of nitrogens with zero attached hydrogens (tertiary/aromatic N) is 1. The fourth-order valence-corrected chi connectivity index (χ4v) is 2.07. The zero-order valence-corrected chi connectivity index (χ0v) is 8.70. The van der Waals surface area contributed by atoms with Crippen molar-refractivity contribution >= 4 is 11.8 Å². The third-order valence-corrected chi connectivity index (χ3v) is 2.91. The predicted molar refractivity (Wildman–Crippen MR) is 53.2 cm³/mol. The lowest BCUT2D eigenvalue weighted by Gasteiger charge is -2.32. The molecule has 5 nitrogen and oxygen atoms in total. The average molecular weight is 212 g/mol. The fraction of sp³-hybridized carbons (Fsp3) is 0.800. The van der Waals surface area contributed by atoms with Crippen LogP contribution in [0.5, 0.6) is 0 Å². The number of carbonyl (C=O) groups is 2. The van der Waals surface area contributed by atoms with Crippen molar-refractivity contribution in [1.29, 1.82) is 0 Å². The van der Waals surface area contributed by atoms with Crippen LogP contribution in [-0.2, 0) is 14.3 Å². The molecule has 1 unspecified atom stereocenters. The topological polar surface area (TPSA) is 58.6 Å². The van der Waals surface area contributed by atoms with Gasteiger partial charge in [-0.15, -0.1) is 0 Å². The summed E-state index contributed by atoms with van der Waals surface area (Å²) in [6.45, 7) is 2.06. The first-order chi connectivity index (χ1) is 7.27. The molecule has 0 aromatic rings. The maximum Gasteiger partial charge on any atom is 0.242 e. The quantitative estimate of drug-likeness (QED) is 0.638. The van der Waals surface area contributed by atoms with Gasteiger partial charge in [-0.25, -0.2) is 0 Å². The van der Waals surface area contributed by atoms with Crippen LogP contribution in [0.1, 0.15) is 19.3 Å². The fourth-order valence-electron chi connectivity index (χ4n) is 2.07. The molecule has 84 valence electrons. The average Bonchev–Trinajstić information content (AvgIpc) is 2.43. The number of nitrogens with one attached hydrogen (secondary N) is 1. The Labute approximate surface area is 88.8 Å². The number of rotatable bonds is 1. The van der Waals surface area contributed by atoms with E-state index in [1.54, 1.807) is 4.90 Å². The van der Waals surface area contributed by atoms with Crippen LogP contribution in [0, 0.1) is 0 Å². The van der Waals surface area contributed by atoms with Gasteiger partial charge in [0.1, 0.15) is 0 Å². The smallest absolute Gasteiger partial charge is 0.242 e. The van der Waals surface area contributed by atoms with Crippen LogP contribution in [0.15, 0.2) is 0 Å². The summed E-state index contributed by atoms with van der Waals surface area (Å²) in [4.78, 5) is 24.6. The van der Waals surface area contributed by atoms with Crippen molar-refractivity contribution in [2.24, 2.45) is 0 Å². The van der Waals surface area contributed by atoms with Crippen LogP contribution in [0.25, 0.3) is 0 Å². The molecular formula is C10H16N2O3. The van der Waals surface area contributed by atoms with Crippen LogP contribution < -0.4 is 5.32 Å². The number of hydrogen-bond acceptors (Lipinski definition) is 3. The Balaban J connectivity index is 1.99. The highest BCUT2D eigenvalue weighted by molar-refractivity contribution is 5.87. The second-order valence-electron chi connectivity index (χ2n) is 3.98. The third-order valence-electron chi connectivity index (χ3n) is 2.91. The van der Waals surface area contributed by atoms with E-state index in [4.69, 9.17) is 4.74 Å². The summed E-state index contributed by atoms with van der Waals surface area (Å²) in [6.07, 6.45) is 2.39. The molecule has 1 N–H and O–H groups in total. The lowest BCUT2D eigenvalue weighted by Crippen LogP contribution is -2.46. The Morgan fingerprint density at radius 1 is 1.40 bits per heavy atom. The number of ether oxygens (including phenoxy) is 1. The number of carbonyl (C=O) groups excluding carboxylic acids is 2. The molecule has 2 saturated heterocycles. The Morgan fingerprint density at radius 2 is 2.27 bits per heavy atom. The molecule has 2 rings (SSSR count).